The van der Waals surface area contributed by atoms with Crippen LogP contribution < -0.4 is 11.5 Å². The fourth-order valence-corrected chi connectivity index (χ4v) is 1.87. The average Bonchev–Trinajstić information content (AvgIpc) is 2.20. The number of hydrogen-bond acceptors (Lipinski definition) is 2. The number of aryl methyl sites for hydroxylation is 1. The molecule has 2 aromatic carbocycles. The SMILES string of the molecule is CCCc1cc2ccc(N)cc2cc1N. The Balaban J connectivity index is 2.60. The molecule has 0 atom stereocenters. The van der Waals surface area contributed by atoms with Gasteiger partial charge in [-0.3, -0.25) is 0 Å². The zero-order valence-electron chi connectivity index (χ0n) is 8.96. The first kappa shape index (κ1) is 9.84. The second-order valence-electron chi connectivity index (χ2n) is 3.91. The Morgan fingerprint density at radius 1 is 1.00 bits per heavy atom. The van der Waals surface area contributed by atoms with E-state index in [-0.39, 0.29) is 0 Å². The summed E-state index contributed by atoms with van der Waals surface area (Å²) >= 11 is 0. The van der Waals surface area contributed by atoms with Crippen LogP contribution in [0.25, 0.3) is 10.8 Å². The number of anilines is 2. The van der Waals surface area contributed by atoms with Gasteiger partial charge in [0.15, 0.2) is 0 Å². The maximum absolute atomic E-state index is 5.98. The Hall–Kier alpha value is -1.70. The highest BCUT2D eigenvalue weighted by Crippen LogP contribution is 2.24. The lowest BCUT2D eigenvalue weighted by Gasteiger charge is -2.07. The molecular weight excluding hydrogens is 184 g/mol. The zero-order chi connectivity index (χ0) is 10.8. The smallest absolute Gasteiger partial charge is 0.0353 e. The minimum atomic E-state index is 0.783. The van der Waals surface area contributed by atoms with Gasteiger partial charge in [-0.15, -0.1) is 0 Å². The normalized spacial score (nSPS) is 10.7. The van der Waals surface area contributed by atoms with Crippen LogP contribution >= 0.6 is 0 Å². The third-order valence-electron chi connectivity index (χ3n) is 2.64. The summed E-state index contributed by atoms with van der Waals surface area (Å²) in [6, 6.07) is 10.1. The van der Waals surface area contributed by atoms with E-state index in [4.69, 9.17) is 11.5 Å². The molecule has 4 N–H and O–H groups in total. The minimum Gasteiger partial charge on any atom is -0.399 e. The first-order chi connectivity index (χ1) is 7.20. The van der Waals surface area contributed by atoms with Crippen LogP contribution in [0.1, 0.15) is 18.9 Å². The Labute approximate surface area is 89.9 Å². The van der Waals surface area contributed by atoms with Gasteiger partial charge >= 0.3 is 0 Å². The summed E-state index contributed by atoms with van der Waals surface area (Å²) in [5.74, 6) is 0. The van der Waals surface area contributed by atoms with Gasteiger partial charge in [0.1, 0.15) is 0 Å². The van der Waals surface area contributed by atoms with E-state index in [0.717, 1.165) is 29.6 Å². The molecule has 0 fully saturated rings. The molecule has 0 amide bonds. The van der Waals surface area contributed by atoms with E-state index >= 15 is 0 Å². The lowest BCUT2D eigenvalue weighted by molar-refractivity contribution is 0.926. The third-order valence-corrected chi connectivity index (χ3v) is 2.64. The first-order valence-corrected chi connectivity index (χ1v) is 5.28. The van der Waals surface area contributed by atoms with E-state index in [1.807, 2.05) is 24.3 Å². The maximum atomic E-state index is 5.98. The van der Waals surface area contributed by atoms with E-state index in [1.54, 1.807) is 0 Å². The summed E-state index contributed by atoms with van der Waals surface area (Å²) in [5.41, 5.74) is 14.6. The van der Waals surface area contributed by atoms with Gasteiger partial charge in [0.2, 0.25) is 0 Å². The number of fused-ring (bicyclic) bond motifs is 1. The van der Waals surface area contributed by atoms with Crippen LogP contribution in [-0.2, 0) is 6.42 Å². The molecule has 0 aliphatic carbocycles. The Morgan fingerprint density at radius 3 is 2.53 bits per heavy atom. The topological polar surface area (TPSA) is 52.0 Å². The van der Waals surface area contributed by atoms with Crippen LogP contribution in [0.15, 0.2) is 30.3 Å². The number of benzene rings is 2. The molecule has 0 saturated carbocycles. The number of nitrogens with two attached hydrogens (primary N) is 2. The lowest BCUT2D eigenvalue weighted by atomic mass is 10.0. The fourth-order valence-electron chi connectivity index (χ4n) is 1.87. The van der Waals surface area contributed by atoms with E-state index in [9.17, 15) is 0 Å². The Kier molecular flexibility index (Phi) is 2.50. The number of nitrogen functional groups attached to an aromatic ring is 2. The van der Waals surface area contributed by atoms with Crippen LogP contribution in [0.5, 0.6) is 0 Å². The van der Waals surface area contributed by atoms with Gasteiger partial charge in [0.25, 0.3) is 0 Å². The van der Waals surface area contributed by atoms with Gasteiger partial charge in [-0.05, 0) is 47.0 Å². The summed E-state index contributed by atoms with van der Waals surface area (Å²) in [7, 11) is 0. The number of rotatable bonds is 2. The van der Waals surface area contributed by atoms with Crippen molar-refractivity contribution in [2.24, 2.45) is 0 Å². The largest absolute Gasteiger partial charge is 0.399 e. The molecule has 0 spiro atoms. The average molecular weight is 200 g/mol. The Morgan fingerprint density at radius 2 is 1.80 bits per heavy atom. The molecule has 0 bridgehead atoms. The molecule has 0 aliphatic rings. The molecule has 0 saturated heterocycles. The van der Waals surface area contributed by atoms with Crippen LogP contribution in [0.4, 0.5) is 11.4 Å². The summed E-state index contributed by atoms with van der Waals surface area (Å²) in [6.45, 7) is 2.16. The van der Waals surface area contributed by atoms with Crippen molar-refractivity contribution in [1.82, 2.24) is 0 Å². The van der Waals surface area contributed by atoms with Crippen molar-refractivity contribution in [3.05, 3.63) is 35.9 Å². The second-order valence-corrected chi connectivity index (χ2v) is 3.91. The van der Waals surface area contributed by atoms with Crippen molar-refractivity contribution in [3.8, 4) is 0 Å². The lowest BCUT2D eigenvalue weighted by Crippen LogP contribution is -1.94. The first-order valence-electron chi connectivity index (χ1n) is 5.28. The highest BCUT2D eigenvalue weighted by molar-refractivity contribution is 5.89. The van der Waals surface area contributed by atoms with Gasteiger partial charge < -0.3 is 11.5 Å². The summed E-state index contributed by atoms with van der Waals surface area (Å²) in [6.07, 6.45) is 2.15. The molecule has 0 aromatic heterocycles. The molecule has 15 heavy (non-hydrogen) atoms. The van der Waals surface area contributed by atoms with E-state index in [1.165, 1.54) is 10.9 Å². The molecule has 2 aromatic rings. The quantitative estimate of drug-likeness (QED) is 0.732. The fraction of sp³-hybridized carbons (Fsp3) is 0.231. The van der Waals surface area contributed by atoms with Gasteiger partial charge in [-0.1, -0.05) is 19.4 Å². The van der Waals surface area contributed by atoms with E-state index < -0.39 is 0 Å². The molecule has 2 heteroatoms. The highest BCUT2D eigenvalue weighted by atomic mass is 14.6. The summed E-state index contributed by atoms with van der Waals surface area (Å²) in [4.78, 5) is 0. The zero-order valence-corrected chi connectivity index (χ0v) is 8.96. The molecule has 0 radical (unpaired) electrons. The van der Waals surface area contributed by atoms with Crippen LogP contribution in [-0.4, -0.2) is 0 Å². The minimum absolute atomic E-state index is 0.783. The predicted octanol–water partition coefficient (Wildman–Crippen LogP) is 2.96. The van der Waals surface area contributed by atoms with Gasteiger partial charge in [-0.2, -0.15) is 0 Å². The molecule has 78 valence electrons. The monoisotopic (exact) mass is 200 g/mol. The van der Waals surface area contributed by atoms with E-state index in [0.29, 0.717) is 0 Å². The van der Waals surface area contributed by atoms with Gasteiger partial charge in [0, 0.05) is 11.4 Å². The highest BCUT2D eigenvalue weighted by Gasteiger charge is 2.01. The molecule has 2 nitrogen and oxygen atoms in total. The molecule has 2 rings (SSSR count). The van der Waals surface area contributed by atoms with Crippen molar-refractivity contribution in [2.75, 3.05) is 11.5 Å². The van der Waals surface area contributed by atoms with Crippen LogP contribution in [0.2, 0.25) is 0 Å². The van der Waals surface area contributed by atoms with Crippen molar-refractivity contribution < 1.29 is 0 Å². The van der Waals surface area contributed by atoms with Crippen molar-refractivity contribution in [1.29, 1.82) is 0 Å². The van der Waals surface area contributed by atoms with Crippen molar-refractivity contribution >= 4 is 22.1 Å². The second kappa shape index (κ2) is 3.81. The third kappa shape index (κ3) is 1.89. The van der Waals surface area contributed by atoms with Crippen LogP contribution in [0.3, 0.4) is 0 Å². The van der Waals surface area contributed by atoms with Crippen molar-refractivity contribution in [3.63, 3.8) is 0 Å². The molecule has 0 aliphatic heterocycles. The van der Waals surface area contributed by atoms with Crippen LogP contribution in [0, 0.1) is 0 Å². The Bertz CT molecular complexity index is 489. The van der Waals surface area contributed by atoms with Crippen molar-refractivity contribution in [2.45, 2.75) is 19.8 Å². The predicted molar refractivity (Wildman–Crippen MR) is 66.8 cm³/mol. The maximum Gasteiger partial charge on any atom is 0.0353 e. The van der Waals surface area contributed by atoms with E-state index in [2.05, 4.69) is 13.0 Å². The molecular formula is C13H16N2. The van der Waals surface area contributed by atoms with Gasteiger partial charge in [-0.25, -0.2) is 0 Å². The van der Waals surface area contributed by atoms with Gasteiger partial charge in [0.05, 0.1) is 0 Å². The molecule has 0 unspecified atom stereocenters. The summed E-state index contributed by atoms with van der Waals surface area (Å²) in [5, 5.41) is 2.33. The molecule has 0 heterocycles. The number of hydrogen-bond donors (Lipinski definition) is 2. The standard InChI is InChI=1S/C13H16N2/c1-2-3-10-6-9-4-5-12(14)7-11(9)8-13(10)15/h4-8H,2-3,14-15H2,1H3. The summed E-state index contributed by atoms with van der Waals surface area (Å²) < 4.78 is 0.